The molecule has 2 rings (SSSR count). The molecule has 0 aliphatic rings. The summed E-state index contributed by atoms with van der Waals surface area (Å²) in [5, 5.41) is 0. The Morgan fingerprint density at radius 1 is 1.09 bits per heavy atom. The number of hydrogen-bond donors (Lipinski definition) is 0. The molecule has 2 aromatic carbocycles. The summed E-state index contributed by atoms with van der Waals surface area (Å²) in [6.07, 6.45) is -1.49. The average molecular weight is 306 g/mol. The molecular formula is C17H13F3O2. The third-order valence-corrected chi connectivity index (χ3v) is 2.81. The minimum Gasteiger partial charge on any atom is -0.457 e. The third kappa shape index (κ3) is 4.22. The first kappa shape index (κ1) is 15.8. The van der Waals surface area contributed by atoms with Crippen LogP contribution in [0.15, 0.2) is 54.6 Å². The molecule has 0 heterocycles. The summed E-state index contributed by atoms with van der Waals surface area (Å²) < 4.78 is 43.6. The highest BCUT2D eigenvalue weighted by Crippen LogP contribution is 2.33. The van der Waals surface area contributed by atoms with E-state index in [9.17, 15) is 18.0 Å². The van der Waals surface area contributed by atoms with E-state index in [0.29, 0.717) is 11.3 Å². The second-order valence-corrected chi connectivity index (χ2v) is 4.61. The smallest absolute Gasteiger partial charge is 0.416 e. The van der Waals surface area contributed by atoms with E-state index >= 15 is 0 Å². The molecular weight excluding hydrogens is 293 g/mol. The van der Waals surface area contributed by atoms with Crippen LogP contribution in [0.3, 0.4) is 0 Å². The lowest BCUT2D eigenvalue weighted by atomic mass is 10.1. The number of rotatable bonds is 4. The van der Waals surface area contributed by atoms with Gasteiger partial charge in [0.05, 0.1) is 5.56 Å². The van der Waals surface area contributed by atoms with E-state index in [0.717, 1.165) is 12.1 Å². The predicted molar refractivity (Wildman–Crippen MR) is 77.7 cm³/mol. The lowest BCUT2D eigenvalue weighted by molar-refractivity contribution is -0.137. The van der Waals surface area contributed by atoms with Crippen LogP contribution < -0.4 is 4.74 Å². The van der Waals surface area contributed by atoms with E-state index in [1.54, 1.807) is 30.3 Å². The molecule has 0 bridgehead atoms. The van der Waals surface area contributed by atoms with E-state index in [-0.39, 0.29) is 11.5 Å². The van der Waals surface area contributed by atoms with Gasteiger partial charge in [0.2, 0.25) is 0 Å². The van der Waals surface area contributed by atoms with Crippen molar-refractivity contribution in [2.75, 3.05) is 0 Å². The number of benzene rings is 2. The Kier molecular flexibility index (Phi) is 4.65. The van der Waals surface area contributed by atoms with Crippen LogP contribution in [-0.4, -0.2) is 5.78 Å². The van der Waals surface area contributed by atoms with Crippen LogP contribution in [0.1, 0.15) is 18.1 Å². The van der Waals surface area contributed by atoms with Crippen molar-refractivity contribution < 1.29 is 22.7 Å². The second kappa shape index (κ2) is 6.47. The molecule has 0 fully saturated rings. The van der Waals surface area contributed by atoms with Crippen LogP contribution in [0, 0.1) is 0 Å². The molecule has 0 amide bonds. The Morgan fingerprint density at radius 3 is 2.50 bits per heavy atom. The number of alkyl halides is 3. The summed E-state index contributed by atoms with van der Waals surface area (Å²) >= 11 is 0. The predicted octanol–water partition coefficient (Wildman–Crippen LogP) is 5.10. The van der Waals surface area contributed by atoms with Crippen molar-refractivity contribution in [1.29, 1.82) is 0 Å². The largest absolute Gasteiger partial charge is 0.457 e. The standard InChI is InChI=1S/C17H13F3O2/c1-12(21)9-10-13-5-2-3-8-16(13)22-15-7-4-6-14(11-15)17(18,19)20/h2-11H,1H3/b10-9+. The van der Waals surface area contributed by atoms with Crippen molar-refractivity contribution in [3.8, 4) is 11.5 Å². The molecule has 114 valence electrons. The molecule has 2 nitrogen and oxygen atoms in total. The zero-order valence-corrected chi connectivity index (χ0v) is 11.7. The highest BCUT2D eigenvalue weighted by atomic mass is 19.4. The first-order chi connectivity index (χ1) is 10.4. The Balaban J connectivity index is 2.30. The van der Waals surface area contributed by atoms with Gasteiger partial charge in [-0.3, -0.25) is 4.79 Å². The summed E-state index contributed by atoms with van der Waals surface area (Å²) in [4.78, 5) is 11.0. The number of carbonyl (C=O) groups excluding carboxylic acids is 1. The molecule has 0 spiro atoms. The normalized spacial score (nSPS) is 11.6. The first-order valence-corrected chi connectivity index (χ1v) is 6.49. The van der Waals surface area contributed by atoms with Crippen molar-refractivity contribution in [3.05, 3.63) is 65.7 Å². The van der Waals surface area contributed by atoms with E-state index in [1.807, 2.05) is 0 Å². The van der Waals surface area contributed by atoms with Crippen LogP contribution in [0.25, 0.3) is 6.08 Å². The summed E-state index contributed by atoms with van der Waals surface area (Å²) in [6.45, 7) is 1.41. The van der Waals surface area contributed by atoms with Gasteiger partial charge in [-0.25, -0.2) is 0 Å². The van der Waals surface area contributed by atoms with Gasteiger partial charge in [0, 0.05) is 5.56 Å². The van der Waals surface area contributed by atoms with Gasteiger partial charge in [-0.1, -0.05) is 24.3 Å². The van der Waals surface area contributed by atoms with E-state index in [4.69, 9.17) is 4.74 Å². The number of para-hydroxylation sites is 1. The van der Waals surface area contributed by atoms with Crippen LogP contribution in [0.4, 0.5) is 13.2 Å². The molecule has 0 atom stereocenters. The molecule has 22 heavy (non-hydrogen) atoms. The Hall–Kier alpha value is -2.56. The molecule has 0 saturated heterocycles. The fraction of sp³-hybridized carbons (Fsp3) is 0.118. The summed E-state index contributed by atoms with van der Waals surface area (Å²) in [5.74, 6) is 0.326. The van der Waals surface area contributed by atoms with Crippen molar-refractivity contribution in [2.24, 2.45) is 0 Å². The number of ketones is 1. The van der Waals surface area contributed by atoms with Gasteiger partial charge in [0.25, 0.3) is 0 Å². The lowest BCUT2D eigenvalue weighted by Crippen LogP contribution is -2.04. The van der Waals surface area contributed by atoms with E-state index < -0.39 is 11.7 Å². The number of carbonyl (C=O) groups is 1. The maximum atomic E-state index is 12.7. The van der Waals surface area contributed by atoms with E-state index in [1.165, 1.54) is 25.1 Å². The van der Waals surface area contributed by atoms with Crippen molar-refractivity contribution in [3.63, 3.8) is 0 Å². The maximum Gasteiger partial charge on any atom is 0.416 e. The quantitative estimate of drug-likeness (QED) is 0.735. The third-order valence-electron chi connectivity index (χ3n) is 2.81. The SMILES string of the molecule is CC(=O)/C=C/c1ccccc1Oc1cccc(C(F)(F)F)c1. The van der Waals surface area contributed by atoms with Gasteiger partial charge in [-0.2, -0.15) is 13.2 Å². The number of hydrogen-bond acceptors (Lipinski definition) is 2. The van der Waals surface area contributed by atoms with Gasteiger partial charge in [-0.05, 0) is 43.3 Å². The zero-order valence-electron chi connectivity index (χ0n) is 11.7. The monoisotopic (exact) mass is 306 g/mol. The molecule has 5 heteroatoms. The summed E-state index contributed by atoms with van der Waals surface area (Å²) in [6, 6.07) is 11.4. The molecule has 0 aliphatic heterocycles. The van der Waals surface area contributed by atoms with Gasteiger partial charge in [0.1, 0.15) is 11.5 Å². The van der Waals surface area contributed by atoms with Gasteiger partial charge < -0.3 is 4.74 Å². The van der Waals surface area contributed by atoms with Crippen LogP contribution in [0.5, 0.6) is 11.5 Å². The number of halogens is 3. The fourth-order valence-electron chi connectivity index (χ4n) is 1.78. The zero-order chi connectivity index (χ0) is 16.2. The highest BCUT2D eigenvalue weighted by molar-refractivity contribution is 5.91. The Labute approximate surface area is 125 Å². The minimum atomic E-state index is -4.42. The topological polar surface area (TPSA) is 26.3 Å². The number of ether oxygens (including phenoxy) is 1. The maximum absolute atomic E-state index is 12.7. The number of allylic oxidation sites excluding steroid dienone is 1. The molecule has 0 aromatic heterocycles. The van der Waals surface area contributed by atoms with E-state index in [2.05, 4.69) is 0 Å². The summed E-state index contributed by atoms with van der Waals surface area (Å²) in [7, 11) is 0. The molecule has 2 aromatic rings. The van der Waals surface area contributed by atoms with Crippen LogP contribution >= 0.6 is 0 Å². The highest BCUT2D eigenvalue weighted by Gasteiger charge is 2.30. The minimum absolute atomic E-state index is 0.0819. The molecule has 0 aliphatic carbocycles. The van der Waals surface area contributed by atoms with Crippen LogP contribution in [-0.2, 0) is 11.0 Å². The summed E-state index contributed by atoms with van der Waals surface area (Å²) in [5.41, 5.74) is -0.170. The van der Waals surface area contributed by atoms with Gasteiger partial charge in [-0.15, -0.1) is 0 Å². The Bertz CT molecular complexity index is 703. The fourth-order valence-corrected chi connectivity index (χ4v) is 1.78. The molecule has 0 N–H and O–H groups in total. The first-order valence-electron chi connectivity index (χ1n) is 6.49. The van der Waals surface area contributed by atoms with Crippen molar-refractivity contribution in [2.45, 2.75) is 13.1 Å². The van der Waals surface area contributed by atoms with Crippen molar-refractivity contribution in [1.82, 2.24) is 0 Å². The average Bonchev–Trinajstić information content (AvgIpc) is 2.46. The second-order valence-electron chi connectivity index (χ2n) is 4.61. The van der Waals surface area contributed by atoms with Gasteiger partial charge in [0.15, 0.2) is 5.78 Å². The molecule has 0 unspecified atom stereocenters. The Morgan fingerprint density at radius 2 is 1.82 bits per heavy atom. The lowest BCUT2D eigenvalue weighted by Gasteiger charge is -2.11. The van der Waals surface area contributed by atoms with Crippen LogP contribution in [0.2, 0.25) is 0 Å². The van der Waals surface area contributed by atoms with Gasteiger partial charge >= 0.3 is 6.18 Å². The molecule has 0 saturated carbocycles. The molecule has 0 radical (unpaired) electrons. The van der Waals surface area contributed by atoms with Crippen molar-refractivity contribution >= 4 is 11.9 Å².